The summed E-state index contributed by atoms with van der Waals surface area (Å²) < 4.78 is 0. The molecule has 1 unspecified atom stereocenters. The Morgan fingerprint density at radius 1 is 0.462 bits per heavy atom. The summed E-state index contributed by atoms with van der Waals surface area (Å²) in [7, 11) is 0. The average molecular weight is 693 g/mol. The molecule has 1 saturated heterocycles. The molecule has 1 aliphatic heterocycles. The van der Waals surface area contributed by atoms with Gasteiger partial charge in [-0.25, -0.2) is 9.78 Å². The van der Waals surface area contributed by atoms with Gasteiger partial charge in [0.2, 0.25) is 0 Å². The number of hydrogen-bond acceptors (Lipinski definition) is 2. The molecule has 4 aromatic carbocycles. The number of hydrogen-bond donors (Lipinski definition) is 0. The standard InChI is InChI=1S/C50H60O2/c1-33-32-49(14)43(31-42(33)44(34-15-19-36(20-16-34)45(2,3)4)35-17-21-37(22-18-35)46(5,6)7)50(52-51-49,40-27-23-38(24-28-40)47(8,9)10)41-29-25-39(26-30-41)48(11,12)13/h15-32H,1-14H3. The van der Waals surface area contributed by atoms with E-state index in [9.17, 15) is 0 Å². The van der Waals surface area contributed by atoms with Gasteiger partial charge in [0, 0.05) is 5.57 Å². The van der Waals surface area contributed by atoms with Gasteiger partial charge in [-0.15, -0.1) is 0 Å². The fourth-order valence-electron chi connectivity index (χ4n) is 7.69. The molecule has 0 bridgehead atoms. The van der Waals surface area contributed by atoms with Gasteiger partial charge >= 0.3 is 0 Å². The van der Waals surface area contributed by atoms with Crippen molar-refractivity contribution in [3.63, 3.8) is 0 Å². The Balaban J connectivity index is 1.65. The van der Waals surface area contributed by atoms with E-state index < -0.39 is 11.2 Å². The Bertz CT molecular complexity index is 1910. The van der Waals surface area contributed by atoms with Crippen molar-refractivity contribution < 1.29 is 9.78 Å². The van der Waals surface area contributed by atoms with Crippen molar-refractivity contribution in [2.75, 3.05) is 0 Å². The Hall–Kier alpha value is -3.98. The highest BCUT2D eigenvalue weighted by Gasteiger charge is 2.57. The molecule has 2 heteroatoms. The molecular formula is C50H60O2. The average Bonchev–Trinajstić information content (AvgIpc) is 3.36. The Labute approximate surface area is 314 Å². The highest BCUT2D eigenvalue weighted by molar-refractivity contribution is 5.87. The van der Waals surface area contributed by atoms with E-state index >= 15 is 0 Å². The number of fused-ring (bicyclic) bond motifs is 1. The first-order chi connectivity index (χ1) is 24.0. The number of benzene rings is 4. The first-order valence-electron chi connectivity index (χ1n) is 19.0. The van der Waals surface area contributed by atoms with E-state index in [1.54, 1.807) is 0 Å². The predicted molar refractivity (Wildman–Crippen MR) is 220 cm³/mol. The third-order valence-corrected chi connectivity index (χ3v) is 11.1. The van der Waals surface area contributed by atoms with Crippen LogP contribution >= 0.6 is 0 Å². The van der Waals surface area contributed by atoms with Crippen LogP contribution in [0.1, 0.15) is 141 Å². The van der Waals surface area contributed by atoms with Crippen LogP contribution in [0.5, 0.6) is 0 Å². The molecule has 4 aromatic rings. The van der Waals surface area contributed by atoms with Crippen molar-refractivity contribution in [1.82, 2.24) is 0 Å². The minimum Gasteiger partial charge on any atom is -0.220 e. The summed E-state index contributed by atoms with van der Waals surface area (Å²) >= 11 is 0. The molecule has 0 radical (unpaired) electrons. The lowest BCUT2D eigenvalue weighted by Crippen LogP contribution is -2.35. The molecule has 0 amide bonds. The maximum atomic E-state index is 6.77. The number of allylic oxidation sites excluding steroid dienone is 3. The van der Waals surface area contributed by atoms with Crippen LogP contribution in [0.15, 0.2) is 126 Å². The molecule has 0 spiro atoms. The molecule has 0 N–H and O–H groups in total. The lowest BCUT2D eigenvalue weighted by atomic mass is 9.69. The lowest BCUT2D eigenvalue weighted by Gasteiger charge is -2.34. The summed E-state index contributed by atoms with van der Waals surface area (Å²) in [6, 6.07) is 36.3. The summed E-state index contributed by atoms with van der Waals surface area (Å²) in [6.07, 6.45) is 4.64. The molecule has 272 valence electrons. The van der Waals surface area contributed by atoms with Crippen molar-refractivity contribution in [2.24, 2.45) is 0 Å². The van der Waals surface area contributed by atoms with Crippen molar-refractivity contribution in [2.45, 2.75) is 130 Å². The maximum Gasteiger partial charge on any atom is 0.178 e. The first-order valence-corrected chi connectivity index (χ1v) is 19.0. The van der Waals surface area contributed by atoms with E-state index in [2.05, 4.69) is 206 Å². The minimum absolute atomic E-state index is 0.0292. The normalized spacial score (nSPS) is 19.2. The molecule has 1 fully saturated rings. The predicted octanol–water partition coefficient (Wildman–Crippen LogP) is 13.2. The fourth-order valence-corrected chi connectivity index (χ4v) is 7.69. The SMILES string of the molecule is CC1=CC2(C)OOC(c3ccc(C(C)(C)C)cc3)(c3ccc(C(C)(C)C)cc3)C2=CC1=C(c1ccc(C(C)(C)C)cc1)c1ccc(C(C)(C)C)cc1. The van der Waals surface area contributed by atoms with Gasteiger partial charge in [0.05, 0.1) is 0 Å². The van der Waals surface area contributed by atoms with Gasteiger partial charge in [0.25, 0.3) is 0 Å². The monoisotopic (exact) mass is 692 g/mol. The molecule has 1 aliphatic carbocycles. The third kappa shape index (κ3) is 6.93. The van der Waals surface area contributed by atoms with E-state index in [0.717, 1.165) is 22.3 Å². The zero-order valence-corrected chi connectivity index (χ0v) is 34.2. The van der Waals surface area contributed by atoms with E-state index in [1.165, 1.54) is 44.5 Å². The topological polar surface area (TPSA) is 18.5 Å². The Morgan fingerprint density at radius 3 is 1.12 bits per heavy atom. The molecule has 2 aliphatic rings. The molecule has 52 heavy (non-hydrogen) atoms. The van der Waals surface area contributed by atoms with Crippen molar-refractivity contribution in [3.05, 3.63) is 170 Å². The highest BCUT2D eigenvalue weighted by atomic mass is 17.2. The summed E-state index contributed by atoms with van der Waals surface area (Å²) in [5.74, 6) is 0. The van der Waals surface area contributed by atoms with E-state index in [4.69, 9.17) is 9.78 Å². The van der Waals surface area contributed by atoms with Gasteiger partial charge in [-0.1, -0.05) is 180 Å². The zero-order chi connectivity index (χ0) is 38.1. The van der Waals surface area contributed by atoms with Crippen LogP contribution in [0.25, 0.3) is 5.57 Å². The Morgan fingerprint density at radius 2 is 0.788 bits per heavy atom. The van der Waals surface area contributed by atoms with Gasteiger partial charge in [-0.2, -0.15) is 0 Å². The Kier molecular flexibility index (Phi) is 9.34. The van der Waals surface area contributed by atoms with E-state index in [0.29, 0.717) is 0 Å². The lowest BCUT2D eigenvalue weighted by molar-refractivity contribution is -0.334. The largest absolute Gasteiger partial charge is 0.220 e. The van der Waals surface area contributed by atoms with Gasteiger partial charge < -0.3 is 0 Å². The highest BCUT2D eigenvalue weighted by Crippen LogP contribution is 2.56. The van der Waals surface area contributed by atoms with Gasteiger partial charge in [0.1, 0.15) is 5.60 Å². The second kappa shape index (κ2) is 12.9. The fraction of sp³-hybridized carbons (Fsp3) is 0.400. The van der Waals surface area contributed by atoms with Crippen molar-refractivity contribution >= 4 is 5.57 Å². The second-order valence-electron chi connectivity index (χ2n) is 19.4. The summed E-state index contributed by atoms with van der Waals surface area (Å²) in [5.41, 5.74) is 12.8. The first kappa shape index (κ1) is 37.8. The summed E-state index contributed by atoms with van der Waals surface area (Å²) in [6.45, 7) is 31.5. The van der Waals surface area contributed by atoms with Crippen molar-refractivity contribution in [1.29, 1.82) is 0 Å². The van der Waals surface area contributed by atoms with Crippen LogP contribution in [-0.2, 0) is 37.0 Å². The van der Waals surface area contributed by atoms with E-state index in [1.807, 2.05) is 0 Å². The summed E-state index contributed by atoms with van der Waals surface area (Å²) in [5, 5.41) is 0. The molecule has 0 saturated carbocycles. The van der Waals surface area contributed by atoms with Crippen LogP contribution in [0, 0.1) is 0 Å². The van der Waals surface area contributed by atoms with Crippen LogP contribution in [-0.4, -0.2) is 5.60 Å². The number of rotatable bonds is 4. The molecule has 6 rings (SSSR count). The molecular weight excluding hydrogens is 633 g/mol. The quantitative estimate of drug-likeness (QED) is 0.198. The van der Waals surface area contributed by atoms with Gasteiger partial charge in [-0.05, 0) is 109 Å². The van der Waals surface area contributed by atoms with Crippen LogP contribution in [0.2, 0.25) is 0 Å². The second-order valence-corrected chi connectivity index (χ2v) is 19.4. The van der Waals surface area contributed by atoms with Crippen LogP contribution in [0.3, 0.4) is 0 Å². The van der Waals surface area contributed by atoms with Gasteiger partial charge in [0.15, 0.2) is 5.60 Å². The zero-order valence-electron chi connectivity index (χ0n) is 34.2. The molecule has 0 aromatic heterocycles. The minimum atomic E-state index is -0.957. The van der Waals surface area contributed by atoms with E-state index in [-0.39, 0.29) is 21.7 Å². The molecule has 1 atom stereocenters. The van der Waals surface area contributed by atoms with Crippen LogP contribution in [0.4, 0.5) is 0 Å². The molecule has 1 heterocycles. The molecule has 2 nitrogen and oxygen atoms in total. The maximum absolute atomic E-state index is 6.77. The van der Waals surface area contributed by atoms with Crippen molar-refractivity contribution in [3.8, 4) is 0 Å². The van der Waals surface area contributed by atoms with Gasteiger partial charge in [-0.3, -0.25) is 0 Å². The summed E-state index contributed by atoms with van der Waals surface area (Å²) in [4.78, 5) is 13.3. The smallest absolute Gasteiger partial charge is 0.178 e. The van der Waals surface area contributed by atoms with Crippen LogP contribution < -0.4 is 0 Å². The third-order valence-electron chi connectivity index (χ3n) is 11.1.